The summed E-state index contributed by atoms with van der Waals surface area (Å²) in [6.45, 7) is 5.57. The van der Waals surface area contributed by atoms with E-state index in [-0.39, 0.29) is 0 Å². The summed E-state index contributed by atoms with van der Waals surface area (Å²) in [6.07, 6.45) is 4.58. The first kappa shape index (κ1) is 19.3. The monoisotopic (exact) mass is 392 g/mol. The number of ether oxygens (including phenoxy) is 1. The second-order valence-electron chi connectivity index (χ2n) is 7.56. The van der Waals surface area contributed by atoms with E-state index in [1.54, 1.807) is 6.07 Å². The van der Waals surface area contributed by atoms with Crippen LogP contribution in [-0.2, 0) is 6.42 Å². The van der Waals surface area contributed by atoms with Gasteiger partial charge < -0.3 is 20.4 Å². The van der Waals surface area contributed by atoms with Gasteiger partial charge in [0.15, 0.2) is 0 Å². The predicted molar refractivity (Wildman–Crippen MR) is 117 cm³/mol. The summed E-state index contributed by atoms with van der Waals surface area (Å²) >= 11 is 0. The van der Waals surface area contributed by atoms with Crippen LogP contribution in [0.25, 0.3) is 10.9 Å². The number of nitrogens with zero attached hydrogens (tertiary/aromatic N) is 2. The van der Waals surface area contributed by atoms with Gasteiger partial charge in [0.05, 0.1) is 0 Å². The van der Waals surface area contributed by atoms with Crippen molar-refractivity contribution >= 4 is 22.7 Å². The zero-order valence-electron chi connectivity index (χ0n) is 16.6. The number of unbranched alkanes of at least 4 members (excludes halogenated alkanes) is 1. The Morgan fingerprint density at radius 1 is 1.03 bits per heavy atom. The van der Waals surface area contributed by atoms with E-state index in [1.165, 1.54) is 17.7 Å². The first-order valence-electron chi connectivity index (χ1n) is 10.3. The summed E-state index contributed by atoms with van der Waals surface area (Å²) in [6, 6.07) is 16.2. The van der Waals surface area contributed by atoms with E-state index >= 15 is 0 Å². The number of carbonyl (C=O) groups is 1. The van der Waals surface area contributed by atoms with E-state index in [0.717, 1.165) is 56.5 Å². The molecule has 1 aromatic heterocycles. The summed E-state index contributed by atoms with van der Waals surface area (Å²) in [5.74, 6) is 0.488. The Balaban J connectivity index is 1.23. The molecule has 3 N–H and O–H groups in total. The second-order valence-corrected chi connectivity index (χ2v) is 7.56. The van der Waals surface area contributed by atoms with E-state index in [4.69, 9.17) is 10.5 Å². The Kier molecular flexibility index (Phi) is 6.00. The number of fused-ring (bicyclic) bond motifs is 1. The van der Waals surface area contributed by atoms with Gasteiger partial charge in [-0.3, -0.25) is 4.90 Å². The van der Waals surface area contributed by atoms with Gasteiger partial charge in [-0.05, 0) is 61.7 Å². The zero-order chi connectivity index (χ0) is 20.1. The molecule has 0 unspecified atom stereocenters. The van der Waals surface area contributed by atoms with Gasteiger partial charge in [0.2, 0.25) is 0 Å². The smallest absolute Gasteiger partial charge is 0.409 e. The predicted octanol–water partition coefficient (Wildman–Crippen LogP) is 3.77. The molecule has 29 heavy (non-hydrogen) atoms. The molecule has 0 atom stereocenters. The molecule has 1 fully saturated rings. The molecule has 1 amide bonds. The number of H-pyrrole nitrogens is 1. The van der Waals surface area contributed by atoms with Crippen molar-refractivity contribution in [2.24, 2.45) is 5.73 Å². The number of amides is 1. The maximum absolute atomic E-state index is 11.0. The van der Waals surface area contributed by atoms with E-state index in [2.05, 4.69) is 51.3 Å². The van der Waals surface area contributed by atoms with Crippen molar-refractivity contribution in [1.29, 1.82) is 0 Å². The third kappa shape index (κ3) is 4.90. The topological polar surface area (TPSA) is 74.6 Å². The minimum atomic E-state index is -0.784. The van der Waals surface area contributed by atoms with Crippen LogP contribution in [-0.4, -0.2) is 48.7 Å². The number of aryl methyl sites for hydroxylation is 1. The van der Waals surface area contributed by atoms with Crippen LogP contribution in [0.1, 0.15) is 18.4 Å². The molecule has 2 heterocycles. The van der Waals surface area contributed by atoms with E-state index in [0.29, 0.717) is 5.75 Å². The Labute approximate surface area is 171 Å². The minimum absolute atomic E-state index is 0.488. The number of aromatic nitrogens is 1. The molecular weight excluding hydrogens is 364 g/mol. The highest BCUT2D eigenvalue weighted by Crippen LogP contribution is 2.25. The summed E-state index contributed by atoms with van der Waals surface area (Å²) < 4.78 is 5.01. The Hall–Kier alpha value is -2.99. The molecule has 0 aliphatic carbocycles. The number of primary amides is 1. The fraction of sp³-hybridized carbons (Fsp3) is 0.348. The molecule has 1 aliphatic heterocycles. The first-order chi connectivity index (χ1) is 14.2. The number of aromatic amines is 1. The normalized spacial score (nSPS) is 15.0. The number of hydrogen-bond donors (Lipinski definition) is 2. The lowest BCUT2D eigenvalue weighted by Gasteiger charge is -2.36. The fourth-order valence-corrected chi connectivity index (χ4v) is 4.06. The van der Waals surface area contributed by atoms with Crippen LogP contribution in [0, 0.1) is 0 Å². The number of para-hydroxylation sites is 1. The Bertz CT molecular complexity index is 946. The van der Waals surface area contributed by atoms with Crippen molar-refractivity contribution in [3.05, 3.63) is 60.3 Å². The maximum Gasteiger partial charge on any atom is 0.409 e. The van der Waals surface area contributed by atoms with Gasteiger partial charge in [-0.2, -0.15) is 0 Å². The molecule has 0 bridgehead atoms. The lowest BCUT2D eigenvalue weighted by atomic mass is 10.1. The highest BCUT2D eigenvalue weighted by molar-refractivity contribution is 5.85. The molecule has 3 aromatic rings. The van der Waals surface area contributed by atoms with Crippen molar-refractivity contribution in [2.45, 2.75) is 19.3 Å². The molecule has 0 saturated carbocycles. The third-order valence-electron chi connectivity index (χ3n) is 5.62. The van der Waals surface area contributed by atoms with Crippen LogP contribution in [0.2, 0.25) is 0 Å². The second kappa shape index (κ2) is 9.01. The van der Waals surface area contributed by atoms with Gasteiger partial charge in [-0.15, -0.1) is 0 Å². The van der Waals surface area contributed by atoms with Gasteiger partial charge in [-0.25, -0.2) is 4.79 Å². The highest BCUT2D eigenvalue weighted by Gasteiger charge is 2.16. The number of carbonyl (C=O) groups excluding carboxylic acids is 1. The Morgan fingerprint density at radius 3 is 2.59 bits per heavy atom. The number of nitrogens with two attached hydrogens (primary N) is 1. The molecule has 1 aliphatic rings. The SMILES string of the molecule is NC(=O)Oc1ccc2[nH]cc(CCCCN3CCN(c4ccccc4)CC3)c2c1. The number of piperazine rings is 1. The van der Waals surface area contributed by atoms with Crippen molar-refractivity contribution in [2.75, 3.05) is 37.6 Å². The maximum atomic E-state index is 11.0. The van der Waals surface area contributed by atoms with Crippen LogP contribution < -0.4 is 15.4 Å². The molecule has 4 rings (SSSR count). The van der Waals surface area contributed by atoms with Crippen molar-refractivity contribution < 1.29 is 9.53 Å². The quantitative estimate of drug-likeness (QED) is 0.600. The number of anilines is 1. The average molecular weight is 393 g/mol. The zero-order valence-corrected chi connectivity index (χ0v) is 16.6. The van der Waals surface area contributed by atoms with Gasteiger partial charge in [0.25, 0.3) is 0 Å². The van der Waals surface area contributed by atoms with Crippen LogP contribution in [0.5, 0.6) is 5.75 Å². The van der Waals surface area contributed by atoms with Crippen molar-refractivity contribution in [3.63, 3.8) is 0 Å². The van der Waals surface area contributed by atoms with Crippen molar-refractivity contribution in [3.8, 4) is 5.75 Å². The molecular formula is C23H28N4O2. The largest absolute Gasteiger partial charge is 0.410 e. The summed E-state index contributed by atoms with van der Waals surface area (Å²) in [5, 5.41) is 1.10. The van der Waals surface area contributed by atoms with Crippen LogP contribution >= 0.6 is 0 Å². The van der Waals surface area contributed by atoms with Gasteiger partial charge in [0.1, 0.15) is 5.75 Å². The molecule has 0 spiro atoms. The van der Waals surface area contributed by atoms with E-state index in [1.807, 2.05) is 12.1 Å². The number of benzene rings is 2. The first-order valence-corrected chi connectivity index (χ1v) is 10.3. The molecule has 1 saturated heterocycles. The van der Waals surface area contributed by atoms with Gasteiger partial charge in [-0.1, -0.05) is 18.2 Å². The molecule has 2 aromatic carbocycles. The third-order valence-corrected chi connectivity index (χ3v) is 5.62. The standard InChI is InChI=1S/C23H28N4O2/c24-23(28)29-20-9-10-22-21(16-20)18(17-25-22)6-4-5-11-26-12-14-27(15-13-26)19-7-2-1-3-8-19/h1-3,7-10,16-17,25H,4-6,11-15H2,(H2,24,28). The minimum Gasteiger partial charge on any atom is -0.410 e. The van der Waals surface area contributed by atoms with E-state index < -0.39 is 6.09 Å². The van der Waals surface area contributed by atoms with Crippen molar-refractivity contribution in [1.82, 2.24) is 9.88 Å². The fourth-order valence-electron chi connectivity index (χ4n) is 4.06. The number of nitrogens with one attached hydrogen (secondary N) is 1. The lowest BCUT2D eigenvalue weighted by Crippen LogP contribution is -2.46. The van der Waals surface area contributed by atoms with Gasteiger partial charge in [0, 0.05) is 49.0 Å². The highest BCUT2D eigenvalue weighted by atomic mass is 16.5. The van der Waals surface area contributed by atoms with Crippen LogP contribution in [0.15, 0.2) is 54.7 Å². The summed E-state index contributed by atoms with van der Waals surface area (Å²) in [7, 11) is 0. The lowest BCUT2D eigenvalue weighted by molar-refractivity contribution is 0.211. The molecule has 6 nitrogen and oxygen atoms in total. The van der Waals surface area contributed by atoms with Crippen LogP contribution in [0.4, 0.5) is 10.5 Å². The van der Waals surface area contributed by atoms with Gasteiger partial charge >= 0.3 is 6.09 Å². The Morgan fingerprint density at radius 2 is 1.83 bits per heavy atom. The molecule has 6 heteroatoms. The average Bonchev–Trinajstić information content (AvgIpc) is 3.14. The summed E-state index contributed by atoms with van der Waals surface area (Å²) in [5.41, 5.74) is 8.74. The molecule has 152 valence electrons. The van der Waals surface area contributed by atoms with Crippen LogP contribution in [0.3, 0.4) is 0 Å². The summed E-state index contributed by atoms with van der Waals surface area (Å²) in [4.78, 5) is 19.3. The van der Waals surface area contributed by atoms with E-state index in [9.17, 15) is 4.79 Å². The number of rotatable bonds is 7. The number of hydrogen-bond acceptors (Lipinski definition) is 4. The molecule has 0 radical (unpaired) electrons.